The molecule has 0 aliphatic carbocycles. The molecule has 0 aromatic heterocycles. The van der Waals surface area contributed by atoms with Gasteiger partial charge in [-0.05, 0) is 6.42 Å². The van der Waals surface area contributed by atoms with Crippen molar-refractivity contribution in [1.29, 1.82) is 0 Å². The highest BCUT2D eigenvalue weighted by Gasteiger charge is 2.20. The highest BCUT2D eigenvalue weighted by molar-refractivity contribution is 7.47. The Hall–Kier alpha value is 0.890. The Morgan fingerprint density at radius 2 is 2.18 bits per heavy atom. The molecule has 0 aromatic carbocycles. The fourth-order valence-corrected chi connectivity index (χ4v) is 2.89. The first-order valence-electron chi connectivity index (χ1n) is 3.42. The van der Waals surface area contributed by atoms with E-state index in [0.29, 0.717) is 12.0 Å². The number of alkyl halides is 2. The average Bonchev–Trinajstić information content (AvgIpc) is 2.09. The predicted molar refractivity (Wildman–Crippen MR) is 48.8 cm³/mol. The molecule has 1 atom stereocenters. The van der Waals surface area contributed by atoms with E-state index in [1.165, 1.54) is 0 Å². The van der Waals surface area contributed by atoms with Crippen molar-refractivity contribution in [2.75, 3.05) is 25.2 Å². The summed E-state index contributed by atoms with van der Waals surface area (Å²) < 4.78 is 7.31. The summed E-state index contributed by atoms with van der Waals surface area (Å²) >= 11 is 11.3. The molecule has 66 valence electrons. The molecule has 11 heavy (non-hydrogen) atoms. The van der Waals surface area contributed by atoms with Crippen LogP contribution in [0.4, 0.5) is 0 Å². The van der Waals surface area contributed by atoms with Crippen LogP contribution in [0.25, 0.3) is 0 Å². The number of nitrogens with one attached hydrogen (secondary N) is 1. The molecule has 0 aromatic rings. The van der Waals surface area contributed by atoms with E-state index >= 15 is 0 Å². The Kier molecular flexibility index (Phi) is 5.01. The second-order valence-corrected chi connectivity index (χ2v) is 4.28. The monoisotopic (exact) mass is 216 g/mol. The van der Waals surface area contributed by atoms with Crippen LogP contribution in [-0.2, 0) is 4.52 Å². The van der Waals surface area contributed by atoms with Gasteiger partial charge in [0.2, 0.25) is 0 Å². The fraction of sp³-hybridized carbons (Fsp3) is 1.00. The molecule has 1 fully saturated rings. The maximum atomic E-state index is 5.64. The Morgan fingerprint density at radius 1 is 1.45 bits per heavy atom. The van der Waals surface area contributed by atoms with Gasteiger partial charge in [-0.2, -0.15) is 0 Å². The SMILES string of the molecule is ClCN(CCl)P1NCCCO1. The molecule has 6 heteroatoms. The molecule has 1 N–H and O–H groups in total. The van der Waals surface area contributed by atoms with E-state index in [-0.39, 0.29) is 0 Å². The summed E-state index contributed by atoms with van der Waals surface area (Å²) in [5.41, 5.74) is 0. The summed E-state index contributed by atoms with van der Waals surface area (Å²) in [7, 11) is -0.716. The van der Waals surface area contributed by atoms with Crippen molar-refractivity contribution >= 4 is 31.7 Å². The van der Waals surface area contributed by atoms with Gasteiger partial charge in [0, 0.05) is 6.54 Å². The van der Waals surface area contributed by atoms with Crippen molar-refractivity contribution in [3.8, 4) is 0 Å². The van der Waals surface area contributed by atoms with Crippen LogP contribution >= 0.6 is 31.7 Å². The lowest BCUT2D eigenvalue weighted by Gasteiger charge is -2.30. The molecule has 1 saturated heterocycles. The molecule has 1 unspecified atom stereocenters. The quantitative estimate of drug-likeness (QED) is 0.444. The average molecular weight is 217 g/mol. The van der Waals surface area contributed by atoms with Gasteiger partial charge in [-0.1, -0.05) is 0 Å². The molecule has 1 aliphatic heterocycles. The lowest BCUT2D eigenvalue weighted by molar-refractivity contribution is 0.287. The van der Waals surface area contributed by atoms with E-state index in [4.69, 9.17) is 27.7 Å². The molecular weight excluding hydrogens is 206 g/mol. The van der Waals surface area contributed by atoms with Crippen molar-refractivity contribution in [2.45, 2.75) is 6.42 Å². The van der Waals surface area contributed by atoms with Gasteiger partial charge in [0.1, 0.15) is 0 Å². The summed E-state index contributed by atoms with van der Waals surface area (Å²) in [5, 5.41) is 3.22. The minimum atomic E-state index is -0.716. The van der Waals surface area contributed by atoms with Gasteiger partial charge < -0.3 is 4.52 Å². The molecular formula is C5H11Cl2N2OP. The normalized spacial score (nSPS) is 25.9. The number of halogens is 2. The van der Waals surface area contributed by atoms with Gasteiger partial charge in [0.15, 0.2) is 8.45 Å². The molecule has 0 bridgehead atoms. The largest absolute Gasteiger partial charge is 0.331 e. The van der Waals surface area contributed by atoms with E-state index in [0.717, 1.165) is 19.6 Å². The number of hydrogen-bond donors (Lipinski definition) is 1. The van der Waals surface area contributed by atoms with Crippen LogP contribution in [0.2, 0.25) is 0 Å². The first-order chi connectivity index (χ1) is 5.38. The van der Waals surface area contributed by atoms with Crippen LogP contribution in [0, 0.1) is 0 Å². The third-order valence-electron chi connectivity index (χ3n) is 1.31. The fourth-order valence-electron chi connectivity index (χ4n) is 0.754. The number of nitrogens with zero attached hydrogens (tertiary/aromatic N) is 1. The molecule has 0 amide bonds. The van der Waals surface area contributed by atoms with Crippen molar-refractivity contribution in [1.82, 2.24) is 9.76 Å². The van der Waals surface area contributed by atoms with E-state index < -0.39 is 8.45 Å². The molecule has 3 nitrogen and oxygen atoms in total. The zero-order chi connectivity index (χ0) is 8.10. The van der Waals surface area contributed by atoms with Crippen LogP contribution in [0.5, 0.6) is 0 Å². The second-order valence-electron chi connectivity index (χ2n) is 2.11. The summed E-state index contributed by atoms with van der Waals surface area (Å²) in [4.78, 5) is 0. The molecule has 1 aliphatic rings. The zero-order valence-electron chi connectivity index (χ0n) is 6.09. The molecule has 1 rings (SSSR count). The van der Waals surface area contributed by atoms with Crippen LogP contribution in [0.1, 0.15) is 6.42 Å². The van der Waals surface area contributed by atoms with Gasteiger partial charge >= 0.3 is 0 Å². The Morgan fingerprint density at radius 3 is 2.64 bits per heavy atom. The minimum absolute atomic E-state index is 0.419. The van der Waals surface area contributed by atoms with Crippen molar-refractivity contribution in [3.05, 3.63) is 0 Å². The highest BCUT2D eigenvalue weighted by Crippen LogP contribution is 2.39. The van der Waals surface area contributed by atoms with Crippen molar-refractivity contribution < 1.29 is 4.52 Å². The second kappa shape index (κ2) is 5.52. The predicted octanol–water partition coefficient (Wildman–Crippen LogP) is 1.92. The van der Waals surface area contributed by atoms with Gasteiger partial charge in [-0.15, -0.1) is 23.2 Å². The summed E-state index contributed by atoms with van der Waals surface area (Å²) in [6.07, 6.45) is 1.07. The number of hydrogen-bond acceptors (Lipinski definition) is 3. The van der Waals surface area contributed by atoms with Gasteiger partial charge in [-0.25, -0.2) is 4.67 Å². The minimum Gasteiger partial charge on any atom is -0.331 e. The maximum absolute atomic E-state index is 5.64. The lowest BCUT2D eigenvalue weighted by Crippen LogP contribution is -2.29. The van der Waals surface area contributed by atoms with Crippen molar-refractivity contribution in [2.24, 2.45) is 0 Å². The van der Waals surface area contributed by atoms with E-state index in [1.807, 2.05) is 4.67 Å². The first kappa shape index (κ1) is 9.97. The summed E-state index contributed by atoms with van der Waals surface area (Å²) in [6, 6.07) is 0.838. The Bertz CT molecular complexity index is 109. The maximum Gasteiger partial charge on any atom is 0.187 e. The molecule has 0 spiro atoms. The third-order valence-corrected chi connectivity index (χ3v) is 3.94. The summed E-state index contributed by atoms with van der Waals surface area (Å²) in [5.74, 6) is 0. The Balaban J connectivity index is 2.30. The highest BCUT2D eigenvalue weighted by atomic mass is 35.5. The molecule has 0 saturated carbocycles. The zero-order valence-corrected chi connectivity index (χ0v) is 8.50. The third kappa shape index (κ3) is 3.02. The standard InChI is InChI=1S/C5H11Cl2N2OP/c6-4-9(5-7)11-8-2-1-3-10-11/h8H,1-5H2. The smallest absolute Gasteiger partial charge is 0.187 e. The van der Waals surface area contributed by atoms with Gasteiger partial charge in [-0.3, -0.25) is 5.09 Å². The topological polar surface area (TPSA) is 24.5 Å². The first-order valence-corrected chi connectivity index (χ1v) is 5.70. The lowest BCUT2D eigenvalue weighted by atomic mass is 10.5. The molecule has 1 heterocycles. The van der Waals surface area contributed by atoms with E-state index in [1.54, 1.807) is 0 Å². The van der Waals surface area contributed by atoms with Crippen LogP contribution in [0.15, 0.2) is 0 Å². The van der Waals surface area contributed by atoms with Crippen molar-refractivity contribution in [3.63, 3.8) is 0 Å². The van der Waals surface area contributed by atoms with Gasteiger partial charge in [0.25, 0.3) is 0 Å². The Labute approximate surface area is 77.9 Å². The van der Waals surface area contributed by atoms with E-state index in [9.17, 15) is 0 Å². The number of rotatable bonds is 3. The van der Waals surface area contributed by atoms with Gasteiger partial charge in [0.05, 0.1) is 18.6 Å². The van der Waals surface area contributed by atoms with Crippen LogP contribution in [0.3, 0.4) is 0 Å². The van der Waals surface area contributed by atoms with Crippen LogP contribution < -0.4 is 5.09 Å². The molecule has 0 radical (unpaired) electrons. The van der Waals surface area contributed by atoms with E-state index in [2.05, 4.69) is 5.09 Å². The van der Waals surface area contributed by atoms with Crippen LogP contribution in [-0.4, -0.2) is 29.8 Å². The summed E-state index contributed by atoms with van der Waals surface area (Å²) in [6.45, 7) is 1.80.